The molecule has 1 atom stereocenters. The van der Waals surface area contributed by atoms with Crippen LogP contribution in [0.15, 0.2) is 30.3 Å². The third kappa shape index (κ3) is 10.9. The number of nitrogens with one attached hydrogen (secondary N) is 2. The first-order valence-corrected chi connectivity index (χ1v) is 10.7. The molecule has 0 spiro atoms. The van der Waals surface area contributed by atoms with Crippen molar-refractivity contribution < 1.29 is 42.8 Å². The van der Waals surface area contributed by atoms with Crippen LogP contribution in [0.5, 0.6) is 0 Å². The fourth-order valence-corrected chi connectivity index (χ4v) is 2.65. The molecule has 192 valence electrons. The van der Waals surface area contributed by atoms with Crippen molar-refractivity contribution in [2.24, 2.45) is 0 Å². The molecule has 0 aromatic heterocycles. The van der Waals surface area contributed by atoms with Gasteiger partial charge in [0.1, 0.15) is 31.8 Å². The highest BCUT2D eigenvalue weighted by atomic mass is 16.7. The Bertz CT molecular complexity index is 755. The number of carbonyl (C=O) groups excluding carboxylic acids is 3. The fraction of sp³-hybridized carbons (Fsp3) is 0.609. The van der Waals surface area contributed by atoms with Gasteiger partial charge >= 0.3 is 12.1 Å². The summed E-state index contributed by atoms with van der Waals surface area (Å²) in [6.07, 6.45) is -0.871. The summed E-state index contributed by atoms with van der Waals surface area (Å²) in [5, 5.41) is 5.07. The van der Waals surface area contributed by atoms with Crippen LogP contribution in [0.25, 0.3) is 0 Å². The number of esters is 1. The standard InChI is InChI=1S/C23H36N2O9/c1-17(19(26)33-12-18-10-8-7-9-11-18)24-20(27)23(13-31-15-29-5,14-32-16-30-6)25-21(28)34-22(2,3)4/h7-11,17H,12-16H2,1-6H3,(H,24,27)(H,25,28)/t17-/m0/s1. The molecule has 0 heterocycles. The molecule has 1 aromatic rings. The third-order valence-electron chi connectivity index (χ3n) is 4.20. The molecule has 2 N–H and O–H groups in total. The van der Waals surface area contributed by atoms with Gasteiger partial charge in [0, 0.05) is 14.2 Å². The highest BCUT2D eigenvalue weighted by Gasteiger charge is 2.43. The quantitative estimate of drug-likeness (QED) is 0.230. The Labute approximate surface area is 200 Å². The average Bonchev–Trinajstić information content (AvgIpc) is 2.76. The summed E-state index contributed by atoms with van der Waals surface area (Å²) in [7, 11) is 2.82. The Hall–Kier alpha value is -2.73. The van der Waals surface area contributed by atoms with E-state index in [2.05, 4.69) is 10.6 Å². The highest BCUT2D eigenvalue weighted by molar-refractivity contribution is 5.93. The van der Waals surface area contributed by atoms with Crippen LogP contribution in [0.3, 0.4) is 0 Å². The smallest absolute Gasteiger partial charge is 0.408 e. The second-order valence-corrected chi connectivity index (χ2v) is 8.51. The van der Waals surface area contributed by atoms with Gasteiger partial charge in [-0.3, -0.25) is 4.79 Å². The van der Waals surface area contributed by atoms with Crippen molar-refractivity contribution in [1.82, 2.24) is 10.6 Å². The van der Waals surface area contributed by atoms with Crippen molar-refractivity contribution in [3.05, 3.63) is 35.9 Å². The largest absolute Gasteiger partial charge is 0.459 e. The lowest BCUT2D eigenvalue weighted by molar-refractivity contribution is -0.152. The molecule has 1 aromatic carbocycles. The zero-order valence-corrected chi connectivity index (χ0v) is 20.7. The number of ether oxygens (including phenoxy) is 6. The van der Waals surface area contributed by atoms with E-state index in [-0.39, 0.29) is 33.4 Å². The summed E-state index contributed by atoms with van der Waals surface area (Å²) in [4.78, 5) is 38.3. The first kappa shape index (κ1) is 29.3. The highest BCUT2D eigenvalue weighted by Crippen LogP contribution is 2.13. The van der Waals surface area contributed by atoms with E-state index in [1.807, 2.05) is 30.3 Å². The van der Waals surface area contributed by atoms with E-state index in [9.17, 15) is 14.4 Å². The van der Waals surface area contributed by atoms with E-state index in [4.69, 9.17) is 28.4 Å². The number of carbonyl (C=O) groups is 3. The molecular formula is C23H36N2O9. The van der Waals surface area contributed by atoms with E-state index < -0.39 is 35.2 Å². The normalized spacial score (nSPS) is 12.5. The number of hydrogen-bond acceptors (Lipinski definition) is 9. The predicted molar refractivity (Wildman–Crippen MR) is 122 cm³/mol. The van der Waals surface area contributed by atoms with Crippen LogP contribution in [-0.2, 0) is 44.6 Å². The van der Waals surface area contributed by atoms with Crippen molar-refractivity contribution in [1.29, 1.82) is 0 Å². The molecule has 0 saturated heterocycles. The predicted octanol–water partition coefficient (Wildman–Crippen LogP) is 1.74. The molecule has 0 fully saturated rings. The Morgan fingerprint density at radius 2 is 1.50 bits per heavy atom. The lowest BCUT2D eigenvalue weighted by atomic mass is 10.00. The lowest BCUT2D eigenvalue weighted by Gasteiger charge is -2.34. The lowest BCUT2D eigenvalue weighted by Crippen LogP contribution is -2.66. The molecule has 11 nitrogen and oxygen atoms in total. The number of hydrogen-bond donors (Lipinski definition) is 2. The van der Waals surface area contributed by atoms with Crippen LogP contribution in [0.1, 0.15) is 33.3 Å². The molecule has 2 amide bonds. The minimum Gasteiger partial charge on any atom is -0.459 e. The minimum atomic E-state index is -1.76. The van der Waals surface area contributed by atoms with Gasteiger partial charge in [0.2, 0.25) is 0 Å². The van der Waals surface area contributed by atoms with Crippen LogP contribution < -0.4 is 10.6 Å². The van der Waals surface area contributed by atoms with Crippen LogP contribution in [-0.4, -0.2) is 76.2 Å². The van der Waals surface area contributed by atoms with Crippen molar-refractivity contribution >= 4 is 18.0 Å². The SMILES string of the molecule is COCOCC(COCOC)(NC(=O)OC(C)(C)C)C(=O)N[C@@H](C)C(=O)OCc1ccccc1. The van der Waals surface area contributed by atoms with Gasteiger partial charge in [-0.2, -0.15) is 0 Å². The first-order valence-electron chi connectivity index (χ1n) is 10.7. The van der Waals surface area contributed by atoms with Gasteiger partial charge in [0.15, 0.2) is 5.54 Å². The Balaban J connectivity index is 2.98. The van der Waals surface area contributed by atoms with E-state index in [1.54, 1.807) is 20.8 Å². The summed E-state index contributed by atoms with van der Waals surface area (Å²) in [6.45, 7) is 5.60. The van der Waals surface area contributed by atoms with E-state index in [0.717, 1.165) is 5.56 Å². The molecule has 0 aliphatic carbocycles. The van der Waals surface area contributed by atoms with Crippen LogP contribution in [0.4, 0.5) is 4.79 Å². The maximum atomic E-state index is 13.3. The van der Waals surface area contributed by atoms with E-state index in [1.165, 1.54) is 21.1 Å². The number of methoxy groups -OCH3 is 2. The van der Waals surface area contributed by atoms with Gasteiger partial charge in [-0.25, -0.2) is 9.59 Å². The zero-order valence-electron chi connectivity index (χ0n) is 20.7. The maximum absolute atomic E-state index is 13.3. The molecule has 1 rings (SSSR count). The monoisotopic (exact) mass is 484 g/mol. The summed E-state index contributed by atoms with van der Waals surface area (Å²) >= 11 is 0. The van der Waals surface area contributed by atoms with Gasteiger partial charge < -0.3 is 39.1 Å². The van der Waals surface area contributed by atoms with Crippen molar-refractivity contribution in [2.45, 2.75) is 51.5 Å². The Morgan fingerprint density at radius 3 is 2.00 bits per heavy atom. The number of amides is 2. The molecule has 0 aliphatic heterocycles. The second-order valence-electron chi connectivity index (χ2n) is 8.51. The molecule has 0 bridgehead atoms. The van der Waals surface area contributed by atoms with E-state index >= 15 is 0 Å². The van der Waals surface area contributed by atoms with Gasteiger partial charge in [-0.15, -0.1) is 0 Å². The van der Waals surface area contributed by atoms with Crippen molar-refractivity contribution in [2.75, 3.05) is 41.0 Å². The number of alkyl carbamates (subject to hydrolysis) is 1. The molecule has 0 unspecified atom stereocenters. The number of rotatable bonds is 14. The Kier molecular flexibility index (Phi) is 12.5. The average molecular weight is 485 g/mol. The van der Waals surface area contributed by atoms with Gasteiger partial charge in [0.05, 0.1) is 13.2 Å². The number of benzene rings is 1. The molecule has 11 heteroatoms. The fourth-order valence-electron chi connectivity index (χ4n) is 2.65. The third-order valence-corrected chi connectivity index (χ3v) is 4.20. The summed E-state index contributed by atoms with van der Waals surface area (Å²) in [5.74, 6) is -1.39. The summed E-state index contributed by atoms with van der Waals surface area (Å²) in [5.41, 5.74) is -1.77. The van der Waals surface area contributed by atoms with Gasteiger partial charge in [-0.05, 0) is 33.3 Å². The first-order chi connectivity index (χ1) is 16.0. The van der Waals surface area contributed by atoms with Crippen molar-refractivity contribution in [3.63, 3.8) is 0 Å². The topological polar surface area (TPSA) is 131 Å². The van der Waals surface area contributed by atoms with Crippen LogP contribution in [0.2, 0.25) is 0 Å². The molecule has 0 radical (unpaired) electrons. The molecular weight excluding hydrogens is 448 g/mol. The van der Waals surface area contributed by atoms with Gasteiger partial charge in [0.25, 0.3) is 5.91 Å². The van der Waals surface area contributed by atoms with Gasteiger partial charge in [-0.1, -0.05) is 30.3 Å². The minimum absolute atomic E-state index is 0.0507. The molecule has 34 heavy (non-hydrogen) atoms. The molecule has 0 saturated carbocycles. The van der Waals surface area contributed by atoms with Crippen LogP contribution in [0, 0.1) is 0 Å². The summed E-state index contributed by atoms with van der Waals surface area (Å²) in [6, 6.07) is 8.10. The summed E-state index contributed by atoms with van der Waals surface area (Å²) < 4.78 is 31.1. The van der Waals surface area contributed by atoms with Crippen molar-refractivity contribution in [3.8, 4) is 0 Å². The second kappa shape index (κ2) is 14.5. The van der Waals surface area contributed by atoms with E-state index in [0.29, 0.717) is 0 Å². The molecule has 0 aliphatic rings. The van der Waals surface area contributed by atoms with Crippen LogP contribution >= 0.6 is 0 Å². The zero-order chi connectivity index (χ0) is 25.6. The Morgan fingerprint density at radius 1 is 0.941 bits per heavy atom. The maximum Gasteiger partial charge on any atom is 0.408 e.